The predicted octanol–water partition coefficient (Wildman–Crippen LogP) is 1.83. The number of aliphatic carboxylic acids is 1. The molecule has 0 N–H and O–H groups in total. The molecule has 0 aliphatic rings. The second-order valence-corrected chi connectivity index (χ2v) is 6.70. The van der Waals surface area contributed by atoms with Crippen LogP contribution in [0.4, 0.5) is 0 Å². The molecule has 0 fully saturated rings. The van der Waals surface area contributed by atoms with Gasteiger partial charge in [0, 0.05) is 18.5 Å². The first-order chi connectivity index (χ1) is 10.7. The molecule has 0 aliphatic heterocycles. The molecular formula is C18H31NO4. The number of carboxylic acids is 1. The summed E-state index contributed by atoms with van der Waals surface area (Å²) in [6.07, 6.45) is 11.6. The van der Waals surface area contributed by atoms with Gasteiger partial charge in [-0.1, -0.05) is 31.6 Å². The minimum Gasteiger partial charge on any atom is -0.550 e. The van der Waals surface area contributed by atoms with Crippen LogP contribution in [0.5, 0.6) is 0 Å². The summed E-state index contributed by atoms with van der Waals surface area (Å²) in [6.45, 7) is 2.57. The van der Waals surface area contributed by atoms with E-state index in [4.69, 9.17) is 4.74 Å². The Morgan fingerprint density at radius 3 is 2.26 bits per heavy atom. The first-order valence-electron chi connectivity index (χ1n) is 8.27. The van der Waals surface area contributed by atoms with Crippen LogP contribution in [0.15, 0.2) is 24.3 Å². The Kier molecular flexibility index (Phi) is 11.0. The molecule has 0 amide bonds. The number of carboxylic acid groups (broad SMARTS) is 1. The predicted molar refractivity (Wildman–Crippen MR) is 89.4 cm³/mol. The number of esters is 1. The number of quaternary nitrogens is 1. The molecule has 0 aromatic heterocycles. The van der Waals surface area contributed by atoms with E-state index >= 15 is 0 Å². The molecule has 0 aromatic rings. The summed E-state index contributed by atoms with van der Waals surface area (Å²) >= 11 is 0. The normalized spacial score (nSPS) is 13.6. The van der Waals surface area contributed by atoms with Crippen molar-refractivity contribution in [1.82, 2.24) is 0 Å². The third-order valence-electron chi connectivity index (χ3n) is 3.05. The van der Waals surface area contributed by atoms with Gasteiger partial charge in [0.1, 0.15) is 6.54 Å². The number of hydrogen-bond acceptors (Lipinski definition) is 4. The molecule has 5 nitrogen and oxygen atoms in total. The summed E-state index contributed by atoms with van der Waals surface area (Å²) < 4.78 is 5.73. The molecule has 23 heavy (non-hydrogen) atoms. The maximum Gasteiger partial charge on any atom is 0.330 e. The van der Waals surface area contributed by atoms with Crippen LogP contribution in [0.2, 0.25) is 0 Å². The average molecular weight is 325 g/mol. The third kappa shape index (κ3) is 15.1. The van der Waals surface area contributed by atoms with E-state index in [1.54, 1.807) is 6.08 Å². The number of nitrogens with zero attached hydrogens (tertiary/aromatic N) is 1. The number of ether oxygens (including phenoxy) is 1. The van der Waals surface area contributed by atoms with Crippen molar-refractivity contribution in [3.8, 4) is 0 Å². The van der Waals surface area contributed by atoms with E-state index in [1.807, 2.05) is 21.1 Å². The van der Waals surface area contributed by atoms with Gasteiger partial charge in [-0.3, -0.25) is 0 Å². The molecule has 0 saturated heterocycles. The average Bonchev–Trinajstić information content (AvgIpc) is 2.39. The molecule has 0 aromatic carbocycles. The minimum absolute atomic E-state index is 0.280. The number of allylic oxidation sites excluding steroid dienone is 3. The van der Waals surface area contributed by atoms with E-state index < -0.39 is 18.0 Å². The molecule has 0 aliphatic carbocycles. The van der Waals surface area contributed by atoms with Crippen molar-refractivity contribution in [3.63, 3.8) is 0 Å². The number of carbonyl (C=O) groups excluding carboxylic acids is 2. The van der Waals surface area contributed by atoms with Crippen LogP contribution in [0.25, 0.3) is 0 Å². The molecule has 1 atom stereocenters. The lowest BCUT2D eigenvalue weighted by atomic mass is 10.2. The Morgan fingerprint density at radius 2 is 1.70 bits per heavy atom. The van der Waals surface area contributed by atoms with Gasteiger partial charge in [0.15, 0.2) is 6.10 Å². The minimum atomic E-state index is -1.21. The van der Waals surface area contributed by atoms with Crippen molar-refractivity contribution >= 4 is 11.9 Å². The lowest BCUT2D eigenvalue weighted by Crippen LogP contribution is -2.45. The Balaban J connectivity index is 4.15. The fourth-order valence-electron chi connectivity index (χ4n) is 2.08. The van der Waals surface area contributed by atoms with E-state index in [0.717, 1.165) is 32.1 Å². The van der Waals surface area contributed by atoms with Crippen molar-refractivity contribution in [2.45, 2.75) is 51.6 Å². The van der Waals surface area contributed by atoms with Crippen LogP contribution in [-0.2, 0) is 14.3 Å². The molecule has 0 bridgehead atoms. The summed E-state index contributed by atoms with van der Waals surface area (Å²) in [7, 11) is 5.74. The highest BCUT2D eigenvalue weighted by Crippen LogP contribution is 2.06. The number of unbranched alkanes of at least 4 members (excludes halogenated alkanes) is 3. The van der Waals surface area contributed by atoms with Gasteiger partial charge < -0.3 is 19.1 Å². The Hall–Kier alpha value is -1.62. The number of rotatable bonds is 12. The van der Waals surface area contributed by atoms with Crippen LogP contribution < -0.4 is 5.11 Å². The SMILES string of the molecule is CCC/C=C/CCC/C=C/C(=O)OC(CC(=O)[O-])C[N+](C)(C)C. The molecule has 0 heterocycles. The van der Waals surface area contributed by atoms with Crippen molar-refractivity contribution in [2.24, 2.45) is 0 Å². The van der Waals surface area contributed by atoms with E-state index in [1.165, 1.54) is 6.08 Å². The highest BCUT2D eigenvalue weighted by molar-refractivity contribution is 5.82. The molecular weight excluding hydrogens is 294 g/mol. The van der Waals surface area contributed by atoms with Gasteiger partial charge >= 0.3 is 5.97 Å². The molecule has 132 valence electrons. The van der Waals surface area contributed by atoms with Crippen LogP contribution in [-0.4, -0.2) is 50.2 Å². The number of hydrogen-bond donors (Lipinski definition) is 0. The van der Waals surface area contributed by atoms with Crippen LogP contribution in [0, 0.1) is 0 Å². The fraction of sp³-hybridized carbons (Fsp3) is 0.667. The van der Waals surface area contributed by atoms with Crippen molar-refractivity contribution < 1.29 is 23.9 Å². The standard InChI is InChI=1S/C18H31NO4/c1-5-6-7-8-9-10-11-12-13-18(22)23-16(14-17(20)21)15-19(2,3)4/h7-8,12-13,16H,5-6,9-11,14-15H2,1-4H3/b8-7+,13-12+. The maximum absolute atomic E-state index is 11.8. The number of likely N-dealkylation sites (N-methyl/N-ethyl adjacent to an activating group) is 1. The van der Waals surface area contributed by atoms with Gasteiger partial charge in [0.25, 0.3) is 0 Å². The zero-order valence-electron chi connectivity index (χ0n) is 14.9. The zero-order valence-corrected chi connectivity index (χ0v) is 14.9. The summed E-state index contributed by atoms with van der Waals surface area (Å²) in [4.78, 5) is 22.5. The van der Waals surface area contributed by atoms with Crippen molar-refractivity contribution in [1.29, 1.82) is 0 Å². The highest BCUT2D eigenvalue weighted by Gasteiger charge is 2.21. The zero-order chi connectivity index (χ0) is 17.7. The van der Waals surface area contributed by atoms with Crippen molar-refractivity contribution in [2.75, 3.05) is 27.7 Å². The molecule has 0 rings (SSSR count). The Labute approximate surface area is 140 Å². The van der Waals surface area contributed by atoms with E-state index in [2.05, 4.69) is 19.1 Å². The molecule has 0 spiro atoms. The third-order valence-corrected chi connectivity index (χ3v) is 3.05. The second kappa shape index (κ2) is 11.9. The largest absolute Gasteiger partial charge is 0.550 e. The lowest BCUT2D eigenvalue weighted by molar-refractivity contribution is -0.873. The highest BCUT2D eigenvalue weighted by atomic mass is 16.5. The Morgan fingerprint density at radius 1 is 1.09 bits per heavy atom. The van der Waals surface area contributed by atoms with E-state index in [-0.39, 0.29) is 6.42 Å². The van der Waals surface area contributed by atoms with Crippen LogP contribution >= 0.6 is 0 Å². The molecule has 0 radical (unpaired) electrons. The summed E-state index contributed by atoms with van der Waals surface area (Å²) in [5.41, 5.74) is 0. The van der Waals surface area contributed by atoms with Crippen molar-refractivity contribution in [3.05, 3.63) is 24.3 Å². The topological polar surface area (TPSA) is 66.4 Å². The Bertz CT molecular complexity index is 408. The first-order valence-corrected chi connectivity index (χ1v) is 8.27. The van der Waals surface area contributed by atoms with Gasteiger partial charge in [-0.05, 0) is 25.7 Å². The monoisotopic (exact) mass is 325 g/mol. The fourth-order valence-corrected chi connectivity index (χ4v) is 2.08. The summed E-state index contributed by atoms with van der Waals surface area (Å²) in [5, 5.41) is 10.8. The molecule has 5 heteroatoms. The van der Waals surface area contributed by atoms with Gasteiger partial charge in [0.05, 0.1) is 21.1 Å². The molecule has 1 unspecified atom stereocenters. The summed E-state index contributed by atoms with van der Waals surface area (Å²) in [5.74, 6) is -1.70. The van der Waals surface area contributed by atoms with E-state index in [0.29, 0.717) is 11.0 Å². The maximum atomic E-state index is 11.8. The van der Waals surface area contributed by atoms with E-state index in [9.17, 15) is 14.7 Å². The summed E-state index contributed by atoms with van der Waals surface area (Å²) in [6, 6.07) is 0. The molecule has 0 saturated carbocycles. The van der Waals surface area contributed by atoms with Gasteiger partial charge in [-0.25, -0.2) is 4.79 Å². The van der Waals surface area contributed by atoms with Crippen LogP contribution in [0.1, 0.15) is 45.4 Å². The smallest absolute Gasteiger partial charge is 0.330 e. The van der Waals surface area contributed by atoms with Gasteiger partial charge in [0.2, 0.25) is 0 Å². The number of carbonyl (C=O) groups is 2. The second-order valence-electron chi connectivity index (χ2n) is 6.70. The lowest BCUT2D eigenvalue weighted by Gasteiger charge is -2.29. The first kappa shape index (κ1) is 21.4. The van der Waals surface area contributed by atoms with Gasteiger partial charge in [-0.15, -0.1) is 0 Å². The van der Waals surface area contributed by atoms with Crippen LogP contribution in [0.3, 0.4) is 0 Å². The quantitative estimate of drug-likeness (QED) is 0.180. The van der Waals surface area contributed by atoms with Gasteiger partial charge in [-0.2, -0.15) is 0 Å².